The minimum Gasteiger partial charge on any atom is -0.353 e. The van der Waals surface area contributed by atoms with Crippen molar-refractivity contribution < 1.29 is 4.79 Å². The number of carbonyl (C=O) groups excluding carboxylic acids is 1. The van der Waals surface area contributed by atoms with E-state index in [1.165, 1.54) is 12.8 Å². The van der Waals surface area contributed by atoms with Crippen LogP contribution >= 0.6 is 12.4 Å². The molecule has 18 heavy (non-hydrogen) atoms. The number of fused-ring (bicyclic) bond motifs is 1. The number of rotatable bonds is 4. The highest BCUT2D eigenvalue weighted by Crippen LogP contribution is 2.24. The Morgan fingerprint density at radius 2 is 2.28 bits per heavy atom. The van der Waals surface area contributed by atoms with Crippen LogP contribution < -0.4 is 10.6 Å². The van der Waals surface area contributed by atoms with Crippen LogP contribution in [0.1, 0.15) is 33.1 Å². The Bertz CT molecular complexity index is 275. The molecule has 2 saturated heterocycles. The van der Waals surface area contributed by atoms with Crippen LogP contribution in [0.25, 0.3) is 0 Å². The van der Waals surface area contributed by atoms with E-state index in [1.807, 2.05) is 0 Å². The normalized spacial score (nSPS) is 29.2. The molecule has 0 spiro atoms. The van der Waals surface area contributed by atoms with E-state index < -0.39 is 0 Å². The van der Waals surface area contributed by atoms with Gasteiger partial charge in [0, 0.05) is 25.2 Å². The first-order valence-corrected chi connectivity index (χ1v) is 6.94. The number of likely N-dealkylation sites (tertiary alicyclic amines) is 1. The van der Waals surface area contributed by atoms with Crippen molar-refractivity contribution in [2.45, 2.75) is 45.2 Å². The second-order valence-electron chi connectivity index (χ2n) is 5.51. The second-order valence-corrected chi connectivity index (χ2v) is 5.51. The monoisotopic (exact) mass is 275 g/mol. The third-order valence-corrected chi connectivity index (χ3v) is 4.13. The van der Waals surface area contributed by atoms with E-state index in [0.717, 1.165) is 32.0 Å². The quantitative estimate of drug-likeness (QED) is 0.805. The molecule has 2 rings (SSSR count). The van der Waals surface area contributed by atoms with Gasteiger partial charge in [-0.3, -0.25) is 9.69 Å². The molecule has 0 aliphatic carbocycles. The molecule has 1 amide bonds. The molecule has 2 N–H and O–H groups in total. The molecule has 2 aliphatic heterocycles. The van der Waals surface area contributed by atoms with Crippen molar-refractivity contribution in [3.05, 3.63) is 0 Å². The lowest BCUT2D eigenvalue weighted by Crippen LogP contribution is -2.48. The van der Waals surface area contributed by atoms with Gasteiger partial charge in [-0.25, -0.2) is 0 Å². The summed E-state index contributed by atoms with van der Waals surface area (Å²) in [5.41, 5.74) is 0. The van der Waals surface area contributed by atoms with Crippen LogP contribution in [0.4, 0.5) is 0 Å². The lowest BCUT2D eigenvalue weighted by molar-refractivity contribution is -0.123. The fraction of sp³-hybridized carbons (Fsp3) is 0.923. The third-order valence-electron chi connectivity index (χ3n) is 4.13. The minimum atomic E-state index is 0. The summed E-state index contributed by atoms with van der Waals surface area (Å²) >= 11 is 0. The van der Waals surface area contributed by atoms with E-state index in [2.05, 4.69) is 29.4 Å². The van der Waals surface area contributed by atoms with Gasteiger partial charge in [0.1, 0.15) is 0 Å². The predicted molar refractivity (Wildman–Crippen MR) is 76.1 cm³/mol. The molecule has 0 saturated carbocycles. The minimum absolute atomic E-state index is 0. The molecule has 0 aromatic heterocycles. The van der Waals surface area contributed by atoms with Crippen molar-refractivity contribution in [3.63, 3.8) is 0 Å². The van der Waals surface area contributed by atoms with Gasteiger partial charge < -0.3 is 10.6 Å². The van der Waals surface area contributed by atoms with Gasteiger partial charge in [0.05, 0.1) is 6.54 Å². The number of amides is 1. The molecule has 0 aromatic carbocycles. The lowest BCUT2D eigenvalue weighted by atomic mass is 9.93. The smallest absolute Gasteiger partial charge is 0.234 e. The maximum atomic E-state index is 11.8. The van der Waals surface area contributed by atoms with E-state index in [1.54, 1.807) is 0 Å². The number of hydrogen-bond donors (Lipinski definition) is 2. The van der Waals surface area contributed by atoms with Crippen LogP contribution in [0.3, 0.4) is 0 Å². The van der Waals surface area contributed by atoms with Gasteiger partial charge in [-0.1, -0.05) is 6.92 Å². The molecular formula is C13H26ClN3O. The summed E-state index contributed by atoms with van der Waals surface area (Å²) in [6.07, 6.45) is 3.47. The van der Waals surface area contributed by atoms with Crippen LogP contribution in [-0.4, -0.2) is 49.1 Å². The molecular weight excluding hydrogens is 250 g/mol. The molecule has 2 fully saturated rings. The molecule has 2 heterocycles. The van der Waals surface area contributed by atoms with Crippen molar-refractivity contribution in [1.29, 1.82) is 0 Å². The maximum Gasteiger partial charge on any atom is 0.234 e. The summed E-state index contributed by atoms with van der Waals surface area (Å²) < 4.78 is 0. The molecule has 2 aliphatic rings. The van der Waals surface area contributed by atoms with Gasteiger partial charge in [-0.15, -0.1) is 12.4 Å². The van der Waals surface area contributed by atoms with Gasteiger partial charge in [-0.05, 0) is 38.6 Å². The SMILES string of the molecule is CCC(C)NC(=O)CN1CCC2NCCC2C1.Cl. The number of carbonyl (C=O) groups is 1. The Morgan fingerprint density at radius 1 is 1.50 bits per heavy atom. The van der Waals surface area contributed by atoms with Crippen LogP contribution in [0, 0.1) is 5.92 Å². The summed E-state index contributed by atoms with van der Waals surface area (Å²) in [6, 6.07) is 1.01. The molecule has 3 unspecified atom stereocenters. The molecule has 106 valence electrons. The van der Waals surface area contributed by atoms with Crippen molar-refractivity contribution >= 4 is 18.3 Å². The second kappa shape index (κ2) is 7.31. The maximum absolute atomic E-state index is 11.8. The Kier molecular flexibility index (Phi) is 6.39. The fourth-order valence-electron chi connectivity index (χ4n) is 2.89. The van der Waals surface area contributed by atoms with Crippen molar-refractivity contribution in [2.24, 2.45) is 5.92 Å². The summed E-state index contributed by atoms with van der Waals surface area (Å²) in [5.74, 6) is 0.948. The zero-order chi connectivity index (χ0) is 12.3. The summed E-state index contributed by atoms with van der Waals surface area (Å²) in [4.78, 5) is 14.1. The van der Waals surface area contributed by atoms with Gasteiger partial charge >= 0.3 is 0 Å². The average Bonchev–Trinajstić information content (AvgIpc) is 2.75. The van der Waals surface area contributed by atoms with Crippen molar-refractivity contribution in [3.8, 4) is 0 Å². The van der Waals surface area contributed by atoms with Gasteiger partial charge in [0.25, 0.3) is 0 Å². The van der Waals surface area contributed by atoms with Crippen molar-refractivity contribution in [1.82, 2.24) is 15.5 Å². The number of piperidine rings is 1. The summed E-state index contributed by atoms with van der Waals surface area (Å²) in [5, 5.41) is 6.59. The zero-order valence-corrected chi connectivity index (χ0v) is 12.3. The molecule has 5 heteroatoms. The molecule has 3 atom stereocenters. The zero-order valence-electron chi connectivity index (χ0n) is 11.4. The first kappa shape index (κ1) is 15.7. The van der Waals surface area contributed by atoms with E-state index in [0.29, 0.717) is 18.6 Å². The van der Waals surface area contributed by atoms with Gasteiger partial charge in [-0.2, -0.15) is 0 Å². The predicted octanol–water partition coefficient (Wildman–Crippen LogP) is 1.01. The van der Waals surface area contributed by atoms with Gasteiger partial charge in [0.15, 0.2) is 0 Å². The van der Waals surface area contributed by atoms with Crippen LogP contribution in [-0.2, 0) is 4.79 Å². The first-order valence-electron chi connectivity index (χ1n) is 6.94. The number of hydrogen-bond acceptors (Lipinski definition) is 3. The Balaban J connectivity index is 0.00000162. The largest absolute Gasteiger partial charge is 0.353 e. The van der Waals surface area contributed by atoms with Gasteiger partial charge in [0.2, 0.25) is 5.91 Å². The van der Waals surface area contributed by atoms with Crippen molar-refractivity contribution in [2.75, 3.05) is 26.2 Å². The van der Waals surface area contributed by atoms with E-state index in [4.69, 9.17) is 0 Å². The standard InChI is InChI=1S/C13H25N3O.ClH/c1-3-10(2)15-13(17)9-16-7-5-12-11(8-16)4-6-14-12;/h10-12,14H,3-9H2,1-2H3,(H,15,17);1H. The van der Waals surface area contributed by atoms with E-state index >= 15 is 0 Å². The summed E-state index contributed by atoms with van der Waals surface area (Å²) in [7, 11) is 0. The van der Waals surface area contributed by atoms with Crippen LogP contribution in [0.15, 0.2) is 0 Å². The summed E-state index contributed by atoms with van der Waals surface area (Å²) in [6.45, 7) is 8.04. The number of nitrogens with one attached hydrogen (secondary N) is 2. The van der Waals surface area contributed by atoms with E-state index in [-0.39, 0.29) is 18.3 Å². The topological polar surface area (TPSA) is 44.4 Å². The number of nitrogens with zero attached hydrogens (tertiary/aromatic N) is 1. The molecule has 0 bridgehead atoms. The fourth-order valence-corrected chi connectivity index (χ4v) is 2.89. The Morgan fingerprint density at radius 3 is 3.00 bits per heavy atom. The highest BCUT2D eigenvalue weighted by molar-refractivity contribution is 5.85. The molecule has 4 nitrogen and oxygen atoms in total. The highest BCUT2D eigenvalue weighted by atomic mass is 35.5. The third kappa shape index (κ3) is 4.11. The Hall–Kier alpha value is -0.320. The number of halogens is 1. The Labute approximate surface area is 116 Å². The highest BCUT2D eigenvalue weighted by Gasteiger charge is 2.32. The average molecular weight is 276 g/mol. The molecule has 0 aromatic rings. The van der Waals surface area contributed by atoms with Crippen LogP contribution in [0.2, 0.25) is 0 Å². The lowest BCUT2D eigenvalue weighted by Gasteiger charge is -2.34. The van der Waals surface area contributed by atoms with Crippen LogP contribution in [0.5, 0.6) is 0 Å². The van der Waals surface area contributed by atoms with E-state index in [9.17, 15) is 4.79 Å². The molecule has 0 radical (unpaired) electrons. The first-order chi connectivity index (χ1) is 8.19.